The summed E-state index contributed by atoms with van der Waals surface area (Å²) in [6.45, 7) is 2.26. The third-order valence-electron chi connectivity index (χ3n) is 6.44. The number of halogens is 3. The van der Waals surface area contributed by atoms with Crippen molar-refractivity contribution in [1.29, 1.82) is 0 Å². The Morgan fingerprint density at radius 1 is 1.00 bits per heavy atom. The van der Waals surface area contributed by atoms with Crippen LogP contribution in [0.4, 0.5) is 4.39 Å². The predicted octanol–water partition coefficient (Wildman–Crippen LogP) is 8.33. The Morgan fingerprint density at radius 3 is 2.64 bits per heavy atom. The smallest absolute Gasteiger partial charge is 0.282 e. The lowest BCUT2D eigenvalue weighted by Gasteiger charge is -2.15. The Labute approximate surface area is 256 Å². The molecule has 7 nitrogen and oxygen atoms in total. The first-order valence-corrected chi connectivity index (χ1v) is 14.6. The van der Waals surface area contributed by atoms with Gasteiger partial charge in [0.2, 0.25) is 5.82 Å². The highest BCUT2D eigenvalue weighted by molar-refractivity contribution is 9.10. The summed E-state index contributed by atoms with van der Waals surface area (Å²) < 4.78 is 34.7. The van der Waals surface area contributed by atoms with Crippen molar-refractivity contribution in [2.75, 3.05) is 6.61 Å². The van der Waals surface area contributed by atoms with Crippen LogP contribution in [0.5, 0.6) is 11.5 Å². The van der Waals surface area contributed by atoms with Crippen molar-refractivity contribution < 1.29 is 18.3 Å². The maximum absolute atomic E-state index is 14.1. The van der Waals surface area contributed by atoms with Gasteiger partial charge in [0.05, 0.1) is 28.2 Å². The van der Waals surface area contributed by atoms with Crippen molar-refractivity contribution in [3.8, 4) is 23.1 Å². The number of hydrogen-bond acceptors (Lipinski definition) is 6. The summed E-state index contributed by atoms with van der Waals surface area (Å²) in [5.41, 5.74) is 1.89. The van der Waals surface area contributed by atoms with Crippen LogP contribution in [-0.2, 0) is 6.61 Å². The average molecular weight is 691 g/mol. The predicted molar refractivity (Wildman–Crippen MR) is 168 cm³/mol. The van der Waals surface area contributed by atoms with E-state index in [0.717, 1.165) is 9.86 Å². The second-order valence-corrected chi connectivity index (χ2v) is 11.0. The van der Waals surface area contributed by atoms with Crippen molar-refractivity contribution in [1.82, 2.24) is 9.66 Å². The minimum absolute atomic E-state index is 0.0222. The summed E-state index contributed by atoms with van der Waals surface area (Å²) in [6, 6.07) is 24.5. The van der Waals surface area contributed by atoms with Gasteiger partial charge >= 0.3 is 0 Å². The molecule has 0 fully saturated rings. The third-order valence-corrected chi connectivity index (χ3v) is 7.52. The van der Waals surface area contributed by atoms with Crippen LogP contribution in [0.1, 0.15) is 18.1 Å². The van der Waals surface area contributed by atoms with Gasteiger partial charge in [0.25, 0.3) is 5.56 Å². The molecule has 0 spiro atoms. The SMILES string of the molecule is CCOc1cc(C=Nn2c(-c3cc4cc(Br)ccc4o3)nc3ccccc3c2=O)cc(Br)c1OCc1ccccc1F. The zero-order valence-corrected chi connectivity index (χ0v) is 25.4. The molecule has 0 radical (unpaired) electrons. The molecule has 210 valence electrons. The molecule has 2 heterocycles. The number of rotatable bonds is 8. The van der Waals surface area contributed by atoms with E-state index < -0.39 is 0 Å². The highest BCUT2D eigenvalue weighted by Gasteiger charge is 2.17. The molecule has 6 rings (SSSR count). The summed E-state index contributed by atoms with van der Waals surface area (Å²) in [6.07, 6.45) is 1.54. The zero-order valence-electron chi connectivity index (χ0n) is 22.2. The molecule has 0 bridgehead atoms. The van der Waals surface area contributed by atoms with Crippen LogP contribution in [0.2, 0.25) is 0 Å². The second kappa shape index (κ2) is 11.9. The molecule has 0 unspecified atom stereocenters. The molecular formula is C32H22Br2FN3O4. The number of nitrogens with zero attached hydrogens (tertiary/aromatic N) is 3. The van der Waals surface area contributed by atoms with Crippen molar-refractivity contribution in [3.63, 3.8) is 0 Å². The van der Waals surface area contributed by atoms with Gasteiger partial charge in [0.15, 0.2) is 17.3 Å². The second-order valence-electron chi connectivity index (χ2n) is 9.25. The number of benzene rings is 4. The highest BCUT2D eigenvalue weighted by atomic mass is 79.9. The molecule has 0 N–H and O–H groups in total. The van der Waals surface area contributed by atoms with Crippen molar-refractivity contribution in [2.45, 2.75) is 13.5 Å². The van der Waals surface area contributed by atoms with Crippen LogP contribution >= 0.6 is 31.9 Å². The Morgan fingerprint density at radius 2 is 1.81 bits per heavy atom. The Hall–Kier alpha value is -4.28. The van der Waals surface area contributed by atoms with Crippen LogP contribution < -0.4 is 15.0 Å². The Kier molecular flexibility index (Phi) is 7.90. The fourth-order valence-electron chi connectivity index (χ4n) is 4.47. The molecule has 10 heteroatoms. The molecule has 4 aromatic carbocycles. The minimum Gasteiger partial charge on any atom is -0.490 e. The van der Waals surface area contributed by atoms with E-state index in [-0.39, 0.29) is 23.8 Å². The topological polar surface area (TPSA) is 78.9 Å². The first-order valence-electron chi connectivity index (χ1n) is 13.0. The van der Waals surface area contributed by atoms with Gasteiger partial charge in [-0.25, -0.2) is 9.37 Å². The molecule has 0 saturated carbocycles. The average Bonchev–Trinajstić information content (AvgIpc) is 3.40. The molecule has 0 aliphatic heterocycles. The summed E-state index contributed by atoms with van der Waals surface area (Å²) in [4.78, 5) is 18.4. The van der Waals surface area contributed by atoms with E-state index in [4.69, 9.17) is 18.9 Å². The Bertz CT molecular complexity index is 2040. The quantitative estimate of drug-likeness (QED) is 0.150. The summed E-state index contributed by atoms with van der Waals surface area (Å²) in [5, 5.41) is 5.82. The normalized spacial score (nSPS) is 11.5. The van der Waals surface area contributed by atoms with E-state index in [9.17, 15) is 9.18 Å². The van der Waals surface area contributed by atoms with E-state index in [0.29, 0.717) is 56.0 Å². The van der Waals surface area contributed by atoms with E-state index in [1.165, 1.54) is 17.0 Å². The lowest BCUT2D eigenvalue weighted by Crippen LogP contribution is -2.20. The standard InChI is InChI=1S/C32H22Br2FN3O4/c1-2-40-28-14-19(13-24(34)30(28)41-18-20-7-3-5-9-25(20)35)17-36-38-31(37-26-10-6-4-8-23(26)32(38)39)29-16-21-15-22(33)11-12-27(21)42-29/h3-17H,2,18H2,1H3. The van der Waals surface area contributed by atoms with Gasteiger partial charge < -0.3 is 13.9 Å². The molecule has 42 heavy (non-hydrogen) atoms. The largest absolute Gasteiger partial charge is 0.490 e. The maximum Gasteiger partial charge on any atom is 0.282 e. The summed E-state index contributed by atoms with van der Waals surface area (Å²) >= 11 is 7.03. The van der Waals surface area contributed by atoms with Gasteiger partial charge in [0, 0.05) is 15.4 Å². The molecular weight excluding hydrogens is 669 g/mol. The van der Waals surface area contributed by atoms with Crippen LogP contribution in [0.3, 0.4) is 0 Å². The number of furan rings is 1. The van der Waals surface area contributed by atoms with Crippen LogP contribution in [-0.4, -0.2) is 22.5 Å². The molecule has 6 aromatic rings. The van der Waals surface area contributed by atoms with Gasteiger partial charge in [0.1, 0.15) is 18.0 Å². The van der Waals surface area contributed by atoms with E-state index in [1.54, 1.807) is 48.5 Å². The van der Waals surface area contributed by atoms with Gasteiger partial charge in [-0.1, -0.05) is 46.3 Å². The van der Waals surface area contributed by atoms with E-state index in [1.807, 2.05) is 37.3 Å². The zero-order chi connectivity index (χ0) is 29.2. The lowest BCUT2D eigenvalue weighted by atomic mass is 10.2. The third kappa shape index (κ3) is 5.60. The molecule has 0 amide bonds. The Balaban J connectivity index is 1.41. The van der Waals surface area contributed by atoms with Gasteiger partial charge in [-0.3, -0.25) is 4.79 Å². The van der Waals surface area contributed by atoms with Crippen LogP contribution in [0.15, 0.2) is 108 Å². The van der Waals surface area contributed by atoms with Crippen molar-refractivity contribution in [2.24, 2.45) is 5.10 Å². The molecule has 2 aromatic heterocycles. The number of aromatic nitrogens is 2. The molecule has 0 saturated heterocycles. The minimum atomic E-state index is -0.349. The van der Waals surface area contributed by atoms with E-state index in [2.05, 4.69) is 37.0 Å². The molecule has 0 aliphatic carbocycles. The van der Waals surface area contributed by atoms with Gasteiger partial charge in [-0.05, 0) is 83.0 Å². The molecule has 0 aliphatic rings. The van der Waals surface area contributed by atoms with Crippen LogP contribution in [0.25, 0.3) is 33.5 Å². The fraction of sp³-hybridized carbons (Fsp3) is 0.0938. The number of ether oxygens (including phenoxy) is 2. The molecule has 0 atom stereocenters. The highest BCUT2D eigenvalue weighted by Crippen LogP contribution is 2.37. The first kappa shape index (κ1) is 27.9. The summed E-state index contributed by atoms with van der Waals surface area (Å²) in [7, 11) is 0. The number of para-hydroxylation sites is 1. The monoisotopic (exact) mass is 689 g/mol. The lowest BCUT2D eigenvalue weighted by molar-refractivity contribution is 0.264. The number of fused-ring (bicyclic) bond motifs is 2. The number of hydrogen-bond donors (Lipinski definition) is 0. The van der Waals surface area contributed by atoms with E-state index >= 15 is 0 Å². The maximum atomic E-state index is 14.1. The van der Waals surface area contributed by atoms with Gasteiger partial charge in [-0.15, -0.1) is 0 Å². The fourth-order valence-corrected chi connectivity index (χ4v) is 5.42. The van der Waals surface area contributed by atoms with Gasteiger partial charge in [-0.2, -0.15) is 9.78 Å². The summed E-state index contributed by atoms with van der Waals surface area (Å²) in [5.74, 6) is 1.18. The first-order chi connectivity index (χ1) is 20.4. The van der Waals surface area contributed by atoms with Crippen LogP contribution in [0, 0.1) is 5.82 Å². The van der Waals surface area contributed by atoms with Crippen molar-refractivity contribution in [3.05, 3.63) is 121 Å². The van der Waals surface area contributed by atoms with Crippen molar-refractivity contribution >= 4 is 59.9 Å².